The minimum absolute atomic E-state index is 0.00406. The van der Waals surface area contributed by atoms with E-state index in [1.807, 2.05) is 0 Å². The van der Waals surface area contributed by atoms with Crippen LogP contribution < -0.4 is 10.2 Å². The van der Waals surface area contributed by atoms with Crippen molar-refractivity contribution in [2.45, 2.75) is 12.5 Å². The Morgan fingerprint density at radius 3 is 2.90 bits per heavy atom. The van der Waals surface area contributed by atoms with E-state index in [1.165, 1.54) is 12.0 Å². The highest BCUT2D eigenvalue weighted by Gasteiger charge is 2.31. The zero-order chi connectivity index (χ0) is 15.4. The molecule has 114 valence electrons. The third-order valence-corrected chi connectivity index (χ3v) is 3.13. The largest absolute Gasteiger partial charge is 0.490 e. The second-order valence-corrected chi connectivity index (χ2v) is 4.50. The molecule has 0 radical (unpaired) electrons. The zero-order valence-electron chi connectivity index (χ0n) is 11.4. The van der Waals surface area contributed by atoms with Gasteiger partial charge >= 0.3 is 5.97 Å². The Morgan fingerprint density at radius 2 is 2.29 bits per heavy atom. The number of ether oxygens (including phenoxy) is 2. The number of hydrogen-bond acceptors (Lipinski definition) is 6. The van der Waals surface area contributed by atoms with Crippen LogP contribution in [0.5, 0.6) is 5.75 Å². The first kappa shape index (κ1) is 15.0. The van der Waals surface area contributed by atoms with Gasteiger partial charge in [-0.25, -0.2) is 0 Å². The van der Waals surface area contributed by atoms with Crippen molar-refractivity contribution >= 4 is 11.9 Å². The second kappa shape index (κ2) is 6.40. The summed E-state index contributed by atoms with van der Waals surface area (Å²) in [5.74, 6) is -1.72. The molecule has 1 aliphatic heterocycles. The first-order valence-electron chi connectivity index (χ1n) is 6.30. The van der Waals surface area contributed by atoms with Crippen LogP contribution in [0.2, 0.25) is 0 Å². The third kappa shape index (κ3) is 3.40. The van der Waals surface area contributed by atoms with Gasteiger partial charge in [0, 0.05) is 12.6 Å². The molecule has 1 fully saturated rings. The maximum Gasteiger partial charge on any atom is 0.305 e. The molecule has 1 saturated heterocycles. The maximum absolute atomic E-state index is 12.3. The molecule has 0 unspecified atom stereocenters. The lowest BCUT2D eigenvalue weighted by Crippen LogP contribution is -2.49. The van der Waals surface area contributed by atoms with Crippen molar-refractivity contribution in [3.8, 4) is 5.75 Å². The monoisotopic (exact) mass is 297 g/mol. The number of morpholine rings is 1. The fraction of sp³-hybridized carbons (Fsp3) is 0.462. The lowest BCUT2D eigenvalue weighted by Gasteiger charge is -2.34. The van der Waals surface area contributed by atoms with Crippen LogP contribution in [0.4, 0.5) is 0 Å². The number of carbonyl (C=O) groups is 2. The molecule has 2 rings (SSSR count). The first-order chi connectivity index (χ1) is 10.0. The first-order valence-corrected chi connectivity index (χ1v) is 6.30. The molecule has 8 nitrogen and oxygen atoms in total. The van der Waals surface area contributed by atoms with Gasteiger partial charge in [-0.1, -0.05) is 0 Å². The van der Waals surface area contributed by atoms with Crippen molar-refractivity contribution in [3.63, 3.8) is 0 Å². The number of nitrogens with zero attached hydrogens (tertiary/aromatic N) is 1. The van der Waals surface area contributed by atoms with Gasteiger partial charge in [0.2, 0.25) is 11.2 Å². The average Bonchev–Trinajstić information content (AvgIpc) is 2.46. The van der Waals surface area contributed by atoms with E-state index >= 15 is 0 Å². The van der Waals surface area contributed by atoms with Gasteiger partial charge in [-0.2, -0.15) is 0 Å². The zero-order valence-corrected chi connectivity index (χ0v) is 11.4. The summed E-state index contributed by atoms with van der Waals surface area (Å²) in [6.45, 7) is 0.688. The Labute approximate surface area is 119 Å². The Morgan fingerprint density at radius 1 is 1.52 bits per heavy atom. The number of carboxylic acids is 1. The Kier molecular flexibility index (Phi) is 4.59. The van der Waals surface area contributed by atoms with Crippen LogP contribution in [0.25, 0.3) is 0 Å². The SMILES string of the molecule is COc1coc(C(=O)N2CCOC[C@@H]2CC(=O)O)cc1=O. The van der Waals surface area contributed by atoms with Gasteiger partial charge in [-0.3, -0.25) is 14.4 Å². The van der Waals surface area contributed by atoms with Crippen LogP contribution in [-0.4, -0.2) is 54.8 Å². The average molecular weight is 297 g/mol. The molecule has 2 heterocycles. The normalized spacial score (nSPS) is 18.3. The van der Waals surface area contributed by atoms with Gasteiger partial charge < -0.3 is 23.9 Å². The molecular formula is C13H15NO7. The van der Waals surface area contributed by atoms with E-state index in [1.54, 1.807) is 0 Å². The summed E-state index contributed by atoms with van der Waals surface area (Å²) in [7, 11) is 1.32. The molecule has 8 heteroatoms. The highest BCUT2D eigenvalue weighted by atomic mass is 16.5. The number of rotatable bonds is 4. The third-order valence-electron chi connectivity index (χ3n) is 3.13. The fourth-order valence-corrected chi connectivity index (χ4v) is 2.09. The van der Waals surface area contributed by atoms with Gasteiger partial charge in [-0.15, -0.1) is 0 Å². The van der Waals surface area contributed by atoms with Crippen molar-refractivity contribution in [1.82, 2.24) is 4.90 Å². The minimum Gasteiger partial charge on any atom is -0.490 e. The number of amides is 1. The number of carbonyl (C=O) groups excluding carboxylic acids is 1. The van der Waals surface area contributed by atoms with E-state index in [4.69, 9.17) is 19.0 Å². The molecule has 1 N–H and O–H groups in total. The number of hydrogen-bond donors (Lipinski definition) is 1. The van der Waals surface area contributed by atoms with E-state index in [-0.39, 0.29) is 31.1 Å². The number of aliphatic carboxylic acids is 1. The standard InChI is InChI=1S/C13H15NO7/c1-19-11-7-21-10(5-9(11)15)13(18)14-2-3-20-6-8(14)4-12(16)17/h5,7-8H,2-4,6H2,1H3,(H,16,17)/t8-/m0/s1. The molecule has 0 saturated carbocycles. The van der Waals surface area contributed by atoms with Gasteiger partial charge in [-0.05, 0) is 0 Å². The molecule has 0 bridgehead atoms. The molecule has 1 aromatic heterocycles. The summed E-state index contributed by atoms with van der Waals surface area (Å²) in [6.07, 6.45) is 0.828. The molecule has 1 aromatic rings. The summed E-state index contributed by atoms with van der Waals surface area (Å²) in [5.41, 5.74) is -0.477. The van der Waals surface area contributed by atoms with E-state index in [0.717, 1.165) is 12.3 Å². The summed E-state index contributed by atoms with van der Waals surface area (Å²) in [6, 6.07) is 0.449. The van der Waals surface area contributed by atoms with Gasteiger partial charge in [0.1, 0.15) is 6.26 Å². The maximum atomic E-state index is 12.3. The second-order valence-electron chi connectivity index (χ2n) is 4.50. The molecule has 0 spiro atoms. The van der Waals surface area contributed by atoms with Gasteiger partial charge in [0.15, 0.2) is 5.76 Å². The van der Waals surface area contributed by atoms with Gasteiger partial charge in [0.25, 0.3) is 5.91 Å². The van der Waals surface area contributed by atoms with Crippen molar-refractivity contribution in [3.05, 3.63) is 28.3 Å². The topological polar surface area (TPSA) is 106 Å². The fourth-order valence-electron chi connectivity index (χ4n) is 2.09. The quantitative estimate of drug-likeness (QED) is 0.831. The molecule has 1 atom stereocenters. The number of methoxy groups -OCH3 is 1. The molecule has 1 amide bonds. The summed E-state index contributed by atoms with van der Waals surface area (Å²) in [4.78, 5) is 36.2. The molecule has 0 aromatic carbocycles. The van der Waals surface area contributed by atoms with E-state index < -0.39 is 23.3 Å². The van der Waals surface area contributed by atoms with Crippen LogP contribution in [0.1, 0.15) is 17.0 Å². The lowest BCUT2D eigenvalue weighted by molar-refractivity contribution is -0.139. The van der Waals surface area contributed by atoms with Crippen molar-refractivity contribution in [2.75, 3.05) is 26.9 Å². The van der Waals surface area contributed by atoms with Crippen LogP contribution in [0, 0.1) is 0 Å². The van der Waals surface area contributed by atoms with Crippen molar-refractivity contribution in [1.29, 1.82) is 0 Å². The van der Waals surface area contributed by atoms with Crippen molar-refractivity contribution in [2.24, 2.45) is 0 Å². The highest BCUT2D eigenvalue weighted by Crippen LogP contribution is 2.15. The molecular weight excluding hydrogens is 282 g/mol. The van der Waals surface area contributed by atoms with Crippen LogP contribution in [-0.2, 0) is 9.53 Å². The predicted molar refractivity (Wildman–Crippen MR) is 69.4 cm³/mol. The minimum atomic E-state index is -1.03. The van der Waals surface area contributed by atoms with Crippen molar-refractivity contribution < 1.29 is 28.6 Å². The van der Waals surface area contributed by atoms with E-state index in [9.17, 15) is 14.4 Å². The van der Waals surface area contributed by atoms with Crippen LogP contribution in [0.3, 0.4) is 0 Å². The lowest BCUT2D eigenvalue weighted by atomic mass is 10.1. The molecule has 1 aliphatic rings. The predicted octanol–water partition coefficient (Wildman–Crippen LogP) is -0.0359. The molecule has 21 heavy (non-hydrogen) atoms. The van der Waals surface area contributed by atoms with E-state index in [0.29, 0.717) is 6.61 Å². The van der Waals surface area contributed by atoms with Gasteiger partial charge in [0.05, 0.1) is 32.8 Å². The highest BCUT2D eigenvalue weighted by molar-refractivity contribution is 5.92. The molecule has 0 aliphatic carbocycles. The smallest absolute Gasteiger partial charge is 0.305 e. The Hall–Kier alpha value is -2.35. The van der Waals surface area contributed by atoms with Crippen LogP contribution in [0.15, 0.2) is 21.5 Å². The summed E-state index contributed by atoms with van der Waals surface area (Å²) >= 11 is 0. The summed E-state index contributed by atoms with van der Waals surface area (Å²) < 4.78 is 15.1. The van der Waals surface area contributed by atoms with E-state index in [2.05, 4.69) is 0 Å². The Bertz CT molecular complexity index is 594. The summed E-state index contributed by atoms with van der Waals surface area (Å²) in [5, 5.41) is 8.86. The number of carboxylic acid groups (broad SMARTS) is 1. The van der Waals surface area contributed by atoms with Crippen LogP contribution >= 0.6 is 0 Å². The Balaban J connectivity index is 2.22.